The molecule has 1 atom stereocenters. The zero-order valence-corrected chi connectivity index (χ0v) is 13.1. The van der Waals surface area contributed by atoms with Gasteiger partial charge >= 0.3 is 5.97 Å². The third kappa shape index (κ3) is 9.67. The van der Waals surface area contributed by atoms with Gasteiger partial charge in [0.05, 0.1) is 7.11 Å². The largest absolute Gasteiger partial charge is 0.467 e. The average Bonchev–Trinajstić information content (AvgIpc) is 2.36. The van der Waals surface area contributed by atoms with Gasteiger partial charge in [0.15, 0.2) is 5.11 Å². The molecule has 0 aliphatic heterocycles. The van der Waals surface area contributed by atoms with Gasteiger partial charge in [0.2, 0.25) is 0 Å². The molecule has 0 heterocycles. The number of thiocarbonyl (C=S) groups is 1. The fraction of sp³-hybridized carbons (Fsp3) is 0.846. The summed E-state index contributed by atoms with van der Waals surface area (Å²) in [4.78, 5) is 11.6. The van der Waals surface area contributed by atoms with Crippen LogP contribution in [0.2, 0.25) is 0 Å². The highest BCUT2D eigenvalue weighted by molar-refractivity contribution is 7.80. The Balaban J connectivity index is 3.99. The van der Waals surface area contributed by atoms with Crippen LogP contribution in [0.4, 0.5) is 0 Å². The molecule has 0 amide bonds. The first-order chi connectivity index (χ1) is 9.01. The third-order valence-electron chi connectivity index (χ3n) is 2.45. The lowest BCUT2D eigenvalue weighted by Crippen LogP contribution is -2.47. The highest BCUT2D eigenvalue weighted by Gasteiger charge is 2.20. The second-order valence-electron chi connectivity index (χ2n) is 4.66. The van der Waals surface area contributed by atoms with Crippen molar-refractivity contribution in [2.75, 3.05) is 26.9 Å². The van der Waals surface area contributed by atoms with E-state index in [4.69, 9.17) is 21.7 Å². The molecule has 1 unspecified atom stereocenters. The van der Waals surface area contributed by atoms with Gasteiger partial charge in [-0.15, -0.1) is 0 Å². The van der Waals surface area contributed by atoms with Crippen LogP contribution in [0.5, 0.6) is 0 Å². The predicted octanol–water partition coefficient (Wildman–Crippen LogP) is 1.46. The van der Waals surface area contributed by atoms with E-state index in [0.29, 0.717) is 24.1 Å². The molecule has 112 valence electrons. The van der Waals surface area contributed by atoms with Crippen LogP contribution in [-0.4, -0.2) is 44.0 Å². The van der Waals surface area contributed by atoms with Crippen molar-refractivity contribution < 1.29 is 14.3 Å². The quantitative estimate of drug-likeness (QED) is 0.381. The number of hydrogen-bond acceptors (Lipinski definition) is 4. The van der Waals surface area contributed by atoms with Crippen LogP contribution in [-0.2, 0) is 14.3 Å². The lowest BCUT2D eigenvalue weighted by molar-refractivity contribution is -0.143. The highest BCUT2D eigenvalue weighted by Crippen LogP contribution is 2.06. The Morgan fingerprint density at radius 1 is 1.37 bits per heavy atom. The van der Waals surface area contributed by atoms with Crippen molar-refractivity contribution >= 4 is 23.3 Å². The maximum absolute atomic E-state index is 11.6. The molecule has 0 bridgehead atoms. The van der Waals surface area contributed by atoms with Gasteiger partial charge in [-0.3, -0.25) is 0 Å². The van der Waals surface area contributed by atoms with Crippen LogP contribution in [0.3, 0.4) is 0 Å². The number of carbonyl (C=O) groups is 1. The number of carbonyl (C=O) groups excluding carboxylic acids is 1. The first-order valence-electron chi connectivity index (χ1n) is 6.71. The molecule has 2 N–H and O–H groups in total. The molecule has 0 aromatic heterocycles. The van der Waals surface area contributed by atoms with E-state index in [1.165, 1.54) is 7.11 Å². The predicted molar refractivity (Wildman–Crippen MR) is 80.1 cm³/mol. The van der Waals surface area contributed by atoms with Crippen molar-refractivity contribution in [1.82, 2.24) is 10.6 Å². The second kappa shape index (κ2) is 11.0. The monoisotopic (exact) mass is 290 g/mol. The SMILES string of the molecule is CCOCCCNC(=S)NC(CC(C)C)C(=O)OC. The molecular formula is C13H26N2O3S. The number of ether oxygens (including phenoxy) is 2. The van der Waals surface area contributed by atoms with Crippen LogP contribution >= 0.6 is 12.2 Å². The Hall–Kier alpha value is -0.880. The minimum atomic E-state index is -0.392. The molecule has 0 aromatic carbocycles. The molecule has 6 heteroatoms. The van der Waals surface area contributed by atoms with Crippen molar-refractivity contribution in [2.45, 2.75) is 39.7 Å². The summed E-state index contributed by atoms with van der Waals surface area (Å²) < 4.78 is 9.99. The summed E-state index contributed by atoms with van der Waals surface area (Å²) in [7, 11) is 1.38. The molecule has 19 heavy (non-hydrogen) atoms. The van der Waals surface area contributed by atoms with E-state index in [9.17, 15) is 4.79 Å². The maximum atomic E-state index is 11.6. The van der Waals surface area contributed by atoms with E-state index < -0.39 is 6.04 Å². The van der Waals surface area contributed by atoms with E-state index in [0.717, 1.165) is 19.6 Å². The van der Waals surface area contributed by atoms with Crippen LogP contribution in [0.1, 0.15) is 33.6 Å². The van der Waals surface area contributed by atoms with Crippen LogP contribution in [0.25, 0.3) is 0 Å². The van der Waals surface area contributed by atoms with E-state index in [2.05, 4.69) is 24.5 Å². The maximum Gasteiger partial charge on any atom is 0.328 e. The van der Waals surface area contributed by atoms with Crippen molar-refractivity contribution in [1.29, 1.82) is 0 Å². The summed E-state index contributed by atoms with van der Waals surface area (Å²) in [5.41, 5.74) is 0. The number of methoxy groups -OCH3 is 1. The van der Waals surface area contributed by atoms with Crippen molar-refractivity contribution in [3.8, 4) is 0 Å². The molecule has 0 saturated carbocycles. The molecule has 0 spiro atoms. The third-order valence-corrected chi connectivity index (χ3v) is 2.72. The zero-order chi connectivity index (χ0) is 14.7. The van der Waals surface area contributed by atoms with Gasteiger partial charge in [0.1, 0.15) is 6.04 Å². The topological polar surface area (TPSA) is 59.6 Å². The standard InChI is InChI=1S/C13H26N2O3S/c1-5-18-8-6-7-14-13(19)15-11(9-10(2)3)12(16)17-4/h10-11H,5-9H2,1-4H3,(H2,14,15,19). The molecule has 0 aliphatic carbocycles. The van der Waals surface area contributed by atoms with Crippen LogP contribution < -0.4 is 10.6 Å². The average molecular weight is 290 g/mol. The molecule has 0 aliphatic rings. The lowest BCUT2D eigenvalue weighted by atomic mass is 10.0. The van der Waals surface area contributed by atoms with Gasteiger partial charge in [0, 0.05) is 19.8 Å². The summed E-state index contributed by atoms with van der Waals surface area (Å²) in [6.45, 7) is 8.22. The van der Waals surface area contributed by atoms with Gasteiger partial charge in [-0.25, -0.2) is 4.79 Å². The minimum Gasteiger partial charge on any atom is -0.467 e. The smallest absolute Gasteiger partial charge is 0.328 e. The zero-order valence-electron chi connectivity index (χ0n) is 12.3. The summed E-state index contributed by atoms with van der Waals surface area (Å²) in [6, 6.07) is -0.392. The number of nitrogens with one attached hydrogen (secondary N) is 2. The molecule has 5 nitrogen and oxygen atoms in total. The van der Waals surface area contributed by atoms with Crippen molar-refractivity contribution in [2.24, 2.45) is 5.92 Å². The van der Waals surface area contributed by atoms with Crippen molar-refractivity contribution in [3.63, 3.8) is 0 Å². The number of rotatable bonds is 9. The first kappa shape index (κ1) is 18.1. The fourth-order valence-electron chi connectivity index (χ4n) is 1.56. The highest BCUT2D eigenvalue weighted by atomic mass is 32.1. The minimum absolute atomic E-state index is 0.285. The Kier molecular flexibility index (Phi) is 10.5. The first-order valence-corrected chi connectivity index (χ1v) is 7.12. The van der Waals surface area contributed by atoms with E-state index in [1.807, 2.05) is 6.92 Å². The van der Waals surface area contributed by atoms with Gasteiger partial charge in [-0.2, -0.15) is 0 Å². The second-order valence-corrected chi connectivity index (χ2v) is 5.06. The van der Waals surface area contributed by atoms with Gasteiger partial charge in [-0.05, 0) is 37.9 Å². The molecule has 0 rings (SSSR count). The Labute approximate surface area is 121 Å². The Morgan fingerprint density at radius 2 is 2.05 bits per heavy atom. The van der Waals surface area contributed by atoms with Crippen molar-refractivity contribution in [3.05, 3.63) is 0 Å². The Morgan fingerprint density at radius 3 is 2.58 bits per heavy atom. The normalized spacial score (nSPS) is 12.1. The lowest BCUT2D eigenvalue weighted by Gasteiger charge is -2.20. The van der Waals surface area contributed by atoms with Crippen LogP contribution in [0, 0.1) is 5.92 Å². The summed E-state index contributed by atoms with van der Waals surface area (Å²) in [5.74, 6) is 0.101. The molecular weight excluding hydrogens is 264 g/mol. The fourth-order valence-corrected chi connectivity index (χ4v) is 1.80. The Bertz CT molecular complexity index is 273. The molecule has 0 fully saturated rings. The summed E-state index contributed by atoms with van der Waals surface area (Å²) in [6.07, 6.45) is 1.57. The van der Waals surface area contributed by atoms with E-state index in [1.54, 1.807) is 0 Å². The van der Waals surface area contributed by atoms with Crippen LogP contribution in [0.15, 0.2) is 0 Å². The number of hydrogen-bond donors (Lipinski definition) is 2. The number of esters is 1. The van der Waals surface area contributed by atoms with Gasteiger partial charge in [-0.1, -0.05) is 13.8 Å². The van der Waals surface area contributed by atoms with Gasteiger partial charge in [0.25, 0.3) is 0 Å². The van der Waals surface area contributed by atoms with Gasteiger partial charge < -0.3 is 20.1 Å². The molecule has 0 aromatic rings. The summed E-state index contributed by atoms with van der Waals surface area (Å²) in [5, 5.41) is 6.53. The molecule has 0 radical (unpaired) electrons. The van der Waals surface area contributed by atoms with E-state index >= 15 is 0 Å². The van der Waals surface area contributed by atoms with E-state index in [-0.39, 0.29) is 5.97 Å². The summed E-state index contributed by atoms with van der Waals surface area (Å²) >= 11 is 5.16. The molecule has 0 saturated heterocycles.